The molecule has 0 aliphatic heterocycles. The van der Waals surface area contributed by atoms with E-state index in [1.807, 2.05) is 0 Å². The van der Waals surface area contributed by atoms with Gasteiger partial charge in [0.1, 0.15) is 0 Å². The third kappa shape index (κ3) is 3.59. The summed E-state index contributed by atoms with van der Waals surface area (Å²) in [6, 6.07) is 13.4. The molecule has 0 spiro atoms. The van der Waals surface area contributed by atoms with Crippen molar-refractivity contribution in [3.63, 3.8) is 0 Å². The fourth-order valence-corrected chi connectivity index (χ4v) is 2.97. The van der Waals surface area contributed by atoms with Crippen molar-refractivity contribution in [3.05, 3.63) is 78.0 Å². The van der Waals surface area contributed by atoms with E-state index in [9.17, 15) is 23.1 Å². The Balaban J connectivity index is 1.73. The van der Waals surface area contributed by atoms with E-state index < -0.39 is 17.9 Å². The Kier molecular flexibility index (Phi) is 4.59. The second-order valence-electron chi connectivity index (χ2n) is 6.23. The number of halogens is 3. The molecule has 2 aromatic heterocycles. The number of fused-ring (bicyclic) bond motifs is 1. The molecule has 0 bridgehead atoms. The summed E-state index contributed by atoms with van der Waals surface area (Å²) in [6.45, 7) is -0.297. The number of nitrogens with one attached hydrogen (secondary N) is 1. The molecule has 29 heavy (non-hydrogen) atoms. The predicted molar refractivity (Wildman–Crippen MR) is 98.7 cm³/mol. The summed E-state index contributed by atoms with van der Waals surface area (Å²) < 4.78 is 46.7. The average molecular weight is 401 g/mol. The first-order valence-electron chi connectivity index (χ1n) is 8.51. The van der Waals surface area contributed by atoms with E-state index in [0.29, 0.717) is 11.3 Å². The normalized spacial score (nSPS) is 11.7. The van der Waals surface area contributed by atoms with Crippen LogP contribution in [0.4, 0.5) is 18.9 Å². The minimum Gasteiger partial charge on any atom is -0.459 e. The van der Waals surface area contributed by atoms with Gasteiger partial charge in [-0.05, 0) is 54.1 Å². The highest BCUT2D eigenvalue weighted by atomic mass is 19.4. The molecule has 0 fully saturated rings. The van der Waals surface area contributed by atoms with Crippen molar-refractivity contribution < 1.29 is 27.5 Å². The Hall–Kier alpha value is -3.59. The Bertz CT molecular complexity index is 1160. The molecule has 2 N–H and O–H groups in total. The van der Waals surface area contributed by atoms with E-state index in [-0.39, 0.29) is 29.1 Å². The van der Waals surface area contributed by atoms with Gasteiger partial charge >= 0.3 is 6.18 Å². The molecule has 0 atom stereocenters. The highest BCUT2D eigenvalue weighted by molar-refractivity contribution is 6.02. The average Bonchev–Trinajstić information content (AvgIpc) is 3.36. The standard InChI is InChI=1S/C20H14F3N3O3/c21-20(22,23)19-25-15-10-12(11-27)3-8-16(15)26(19)14-6-4-13(5-7-14)24-18(28)17-2-1-9-29-17/h1-10,27H,11H2,(H,24,28). The van der Waals surface area contributed by atoms with Crippen molar-refractivity contribution in [3.8, 4) is 5.69 Å². The van der Waals surface area contributed by atoms with E-state index in [4.69, 9.17) is 4.42 Å². The summed E-state index contributed by atoms with van der Waals surface area (Å²) in [5, 5.41) is 11.8. The number of imidazole rings is 1. The van der Waals surface area contributed by atoms with E-state index in [1.165, 1.54) is 48.7 Å². The topological polar surface area (TPSA) is 80.3 Å². The first-order chi connectivity index (χ1) is 13.9. The maximum atomic E-state index is 13.6. The van der Waals surface area contributed by atoms with Crippen LogP contribution in [-0.4, -0.2) is 20.6 Å². The maximum Gasteiger partial charge on any atom is 0.450 e. The van der Waals surface area contributed by atoms with Crippen LogP contribution in [0.15, 0.2) is 65.3 Å². The quantitative estimate of drug-likeness (QED) is 0.532. The van der Waals surface area contributed by atoms with Crippen molar-refractivity contribution in [2.45, 2.75) is 12.8 Å². The van der Waals surface area contributed by atoms with Crippen LogP contribution in [0.2, 0.25) is 0 Å². The number of aliphatic hydroxyl groups is 1. The molecule has 0 saturated carbocycles. The van der Waals surface area contributed by atoms with Crippen molar-refractivity contribution in [1.82, 2.24) is 9.55 Å². The molecule has 6 nitrogen and oxygen atoms in total. The molecule has 0 saturated heterocycles. The molecule has 4 aromatic rings. The van der Waals surface area contributed by atoms with Gasteiger partial charge in [-0.15, -0.1) is 0 Å². The molecule has 1 amide bonds. The minimum atomic E-state index is -4.68. The number of alkyl halides is 3. The van der Waals surface area contributed by atoms with Gasteiger partial charge in [0.15, 0.2) is 5.76 Å². The van der Waals surface area contributed by atoms with Gasteiger partial charge in [-0.2, -0.15) is 13.2 Å². The van der Waals surface area contributed by atoms with Crippen LogP contribution in [0, 0.1) is 0 Å². The van der Waals surface area contributed by atoms with Gasteiger partial charge in [0.2, 0.25) is 5.82 Å². The van der Waals surface area contributed by atoms with E-state index >= 15 is 0 Å². The first kappa shape index (κ1) is 18.8. The van der Waals surface area contributed by atoms with Gasteiger partial charge in [0.25, 0.3) is 5.91 Å². The van der Waals surface area contributed by atoms with Crippen LogP contribution in [0.25, 0.3) is 16.7 Å². The van der Waals surface area contributed by atoms with Gasteiger partial charge < -0.3 is 14.8 Å². The lowest BCUT2D eigenvalue weighted by molar-refractivity contribution is -0.145. The van der Waals surface area contributed by atoms with Crippen LogP contribution >= 0.6 is 0 Å². The zero-order valence-corrected chi connectivity index (χ0v) is 14.8. The van der Waals surface area contributed by atoms with E-state index in [0.717, 1.165) is 4.57 Å². The largest absolute Gasteiger partial charge is 0.459 e. The molecule has 9 heteroatoms. The molecule has 2 aromatic carbocycles. The number of benzene rings is 2. The molecule has 148 valence electrons. The highest BCUT2D eigenvalue weighted by Gasteiger charge is 2.38. The number of hydrogen-bond donors (Lipinski definition) is 2. The van der Waals surface area contributed by atoms with Gasteiger partial charge in [-0.3, -0.25) is 9.36 Å². The molecule has 0 radical (unpaired) electrons. The van der Waals surface area contributed by atoms with Gasteiger partial charge in [0.05, 0.1) is 23.9 Å². The van der Waals surface area contributed by atoms with Crippen LogP contribution in [0.1, 0.15) is 21.9 Å². The zero-order valence-electron chi connectivity index (χ0n) is 14.8. The monoisotopic (exact) mass is 401 g/mol. The summed E-state index contributed by atoms with van der Waals surface area (Å²) in [6.07, 6.45) is -3.31. The number of aliphatic hydroxyl groups excluding tert-OH is 1. The molecule has 0 unspecified atom stereocenters. The van der Waals surface area contributed by atoms with Crippen LogP contribution in [0.5, 0.6) is 0 Å². The second-order valence-corrected chi connectivity index (χ2v) is 6.23. The first-order valence-corrected chi connectivity index (χ1v) is 8.51. The molecule has 0 aliphatic carbocycles. The van der Waals surface area contributed by atoms with E-state index in [2.05, 4.69) is 10.3 Å². The number of rotatable bonds is 4. The van der Waals surface area contributed by atoms with Crippen molar-refractivity contribution in [2.75, 3.05) is 5.32 Å². The van der Waals surface area contributed by atoms with Gasteiger partial charge in [-0.25, -0.2) is 4.98 Å². The van der Waals surface area contributed by atoms with Crippen LogP contribution in [-0.2, 0) is 12.8 Å². The van der Waals surface area contributed by atoms with Crippen molar-refractivity contribution >= 4 is 22.6 Å². The minimum absolute atomic E-state index is 0.119. The summed E-state index contributed by atoms with van der Waals surface area (Å²) in [7, 11) is 0. The Morgan fingerprint density at radius 1 is 1.14 bits per heavy atom. The number of amides is 1. The summed E-state index contributed by atoms with van der Waals surface area (Å²) in [5.41, 5.74) is 1.47. The Morgan fingerprint density at radius 3 is 2.52 bits per heavy atom. The molecule has 0 aliphatic rings. The van der Waals surface area contributed by atoms with E-state index in [1.54, 1.807) is 12.1 Å². The van der Waals surface area contributed by atoms with Crippen molar-refractivity contribution in [2.24, 2.45) is 0 Å². The lowest BCUT2D eigenvalue weighted by Gasteiger charge is -2.12. The van der Waals surface area contributed by atoms with Gasteiger partial charge in [0, 0.05) is 11.4 Å². The number of aromatic nitrogens is 2. The lowest BCUT2D eigenvalue weighted by Crippen LogP contribution is -2.14. The fraction of sp³-hybridized carbons (Fsp3) is 0.100. The third-order valence-electron chi connectivity index (χ3n) is 4.28. The number of carbonyl (C=O) groups is 1. The molecule has 4 rings (SSSR count). The predicted octanol–water partition coefficient (Wildman–Crippen LogP) is 4.38. The maximum absolute atomic E-state index is 13.6. The lowest BCUT2D eigenvalue weighted by atomic mass is 10.2. The third-order valence-corrected chi connectivity index (χ3v) is 4.28. The smallest absolute Gasteiger partial charge is 0.450 e. The zero-order chi connectivity index (χ0) is 20.6. The highest BCUT2D eigenvalue weighted by Crippen LogP contribution is 2.34. The van der Waals surface area contributed by atoms with Crippen LogP contribution < -0.4 is 5.32 Å². The summed E-state index contributed by atoms with van der Waals surface area (Å²) in [4.78, 5) is 15.7. The number of carbonyl (C=O) groups excluding carboxylic acids is 1. The number of hydrogen-bond acceptors (Lipinski definition) is 4. The Morgan fingerprint density at radius 2 is 1.90 bits per heavy atom. The summed E-state index contributed by atoms with van der Waals surface area (Å²) in [5.74, 6) is -1.42. The number of furan rings is 1. The molecular weight excluding hydrogens is 387 g/mol. The number of nitrogens with zero attached hydrogens (tertiary/aromatic N) is 2. The SMILES string of the molecule is O=C(Nc1ccc(-n2c(C(F)(F)F)nc3cc(CO)ccc32)cc1)c1ccco1. The second kappa shape index (κ2) is 7.10. The Labute approximate surface area is 162 Å². The van der Waals surface area contributed by atoms with Crippen LogP contribution in [0.3, 0.4) is 0 Å². The van der Waals surface area contributed by atoms with Crippen molar-refractivity contribution in [1.29, 1.82) is 0 Å². The number of anilines is 1. The van der Waals surface area contributed by atoms with Gasteiger partial charge in [-0.1, -0.05) is 6.07 Å². The summed E-state index contributed by atoms with van der Waals surface area (Å²) >= 11 is 0. The molecule has 2 heterocycles. The fourth-order valence-electron chi connectivity index (χ4n) is 2.97. The molecular formula is C20H14F3N3O3.